The number of rotatable bonds is 2. The third-order valence-corrected chi connectivity index (χ3v) is 11.3. The number of aliphatic hydroxyl groups excluding tert-OH is 2. The van der Waals surface area contributed by atoms with Gasteiger partial charge in [0.1, 0.15) is 23.3 Å². The Hall–Kier alpha value is -4.70. The van der Waals surface area contributed by atoms with E-state index in [4.69, 9.17) is 24.7 Å². The standard InChI is InChI=1S/C38H47N3O11S/c1-15-11-10-12-16(2)36(48)40-27-31(46)24-23(26-34(27)53-37(39)41-26)25-33(20(6)30(24)45)52-38(8,35(25)47)50-14-13-22(49-9)17(3)32(51-21(7)42)19(5)29(44)18(4)28(15)43/h10-15,17-19,22,28-29,32,43-46H,1-9H3,(H2,39,41)(H,40,48)/b11-10+,14-13-,16-12-. The lowest BCUT2D eigenvalue weighted by atomic mass is 9.78. The Bertz CT molecular complexity index is 2060. The van der Waals surface area contributed by atoms with Gasteiger partial charge in [-0.3, -0.25) is 14.4 Å². The van der Waals surface area contributed by atoms with Crippen LogP contribution in [0, 0.1) is 30.6 Å². The van der Waals surface area contributed by atoms with E-state index in [2.05, 4.69) is 10.3 Å². The van der Waals surface area contributed by atoms with Gasteiger partial charge in [-0.05, 0) is 19.9 Å². The number of phenolic OH excluding ortho intramolecular Hbond substituents is 2. The molecule has 9 unspecified atom stereocenters. The highest BCUT2D eigenvalue weighted by Gasteiger charge is 2.49. The second-order valence-electron chi connectivity index (χ2n) is 14.1. The van der Waals surface area contributed by atoms with Crippen LogP contribution in [0.25, 0.3) is 21.0 Å². The minimum absolute atomic E-state index is 0.00910. The molecule has 7 N–H and O–H groups in total. The van der Waals surface area contributed by atoms with Gasteiger partial charge in [0.25, 0.3) is 11.7 Å². The summed E-state index contributed by atoms with van der Waals surface area (Å²) in [7, 11) is 1.45. The van der Waals surface area contributed by atoms with E-state index in [9.17, 15) is 34.8 Å². The van der Waals surface area contributed by atoms with Crippen molar-refractivity contribution in [3.8, 4) is 17.2 Å². The number of thiazole rings is 1. The number of fused-ring (bicyclic) bond motifs is 1. The molecule has 0 radical (unpaired) electrons. The van der Waals surface area contributed by atoms with Crippen molar-refractivity contribution in [2.24, 2.45) is 23.7 Å². The molecular weight excluding hydrogens is 706 g/mol. The summed E-state index contributed by atoms with van der Waals surface area (Å²) in [5, 5.41) is 48.6. The number of carbonyl (C=O) groups excluding carboxylic acids is 3. The Morgan fingerprint density at radius 2 is 1.70 bits per heavy atom. The largest absolute Gasteiger partial charge is 0.507 e. The number of ether oxygens (including phenoxy) is 4. The van der Waals surface area contributed by atoms with Crippen molar-refractivity contribution in [1.29, 1.82) is 0 Å². The summed E-state index contributed by atoms with van der Waals surface area (Å²) in [6.45, 7) is 12.7. The quantitative estimate of drug-likeness (QED) is 0.146. The van der Waals surface area contributed by atoms with Gasteiger partial charge in [0.15, 0.2) is 10.9 Å². The molecule has 5 rings (SSSR count). The fourth-order valence-electron chi connectivity index (χ4n) is 7.14. The van der Waals surface area contributed by atoms with E-state index in [0.717, 1.165) is 11.3 Å². The first-order valence-electron chi connectivity index (χ1n) is 17.3. The lowest BCUT2D eigenvalue weighted by Crippen LogP contribution is -2.46. The average molecular weight is 754 g/mol. The van der Waals surface area contributed by atoms with Gasteiger partial charge in [0.2, 0.25) is 0 Å². The summed E-state index contributed by atoms with van der Waals surface area (Å²) in [5.74, 6) is -7.04. The molecule has 4 bridgehead atoms. The molecule has 0 saturated heterocycles. The van der Waals surface area contributed by atoms with E-state index in [1.165, 1.54) is 46.3 Å². The molecule has 0 fully saturated rings. The molecule has 1 amide bonds. The van der Waals surface area contributed by atoms with Crippen molar-refractivity contribution in [2.45, 2.75) is 85.6 Å². The van der Waals surface area contributed by atoms with Gasteiger partial charge in [-0.25, -0.2) is 4.98 Å². The number of carbonyl (C=O) groups is 3. The summed E-state index contributed by atoms with van der Waals surface area (Å²) in [5.41, 5.74) is 6.57. The molecule has 0 spiro atoms. The number of hydrogen-bond acceptors (Lipinski definition) is 14. The van der Waals surface area contributed by atoms with Gasteiger partial charge in [-0.15, -0.1) is 0 Å². The number of nitrogens with two attached hydrogens (primary N) is 1. The Kier molecular flexibility index (Phi) is 11.2. The second-order valence-corrected chi connectivity index (χ2v) is 15.1. The molecule has 15 heteroatoms. The topological polar surface area (TPSA) is 220 Å². The maximum Gasteiger partial charge on any atom is 0.312 e. The molecule has 1 aromatic heterocycles. The summed E-state index contributed by atoms with van der Waals surface area (Å²) >= 11 is 0.968. The Labute approximate surface area is 310 Å². The number of ketones is 1. The van der Waals surface area contributed by atoms with Crippen LogP contribution >= 0.6 is 11.3 Å². The molecule has 286 valence electrons. The molecule has 3 aromatic rings. The third-order valence-electron chi connectivity index (χ3n) is 10.4. The lowest BCUT2D eigenvalue weighted by molar-refractivity contribution is -0.160. The number of nitrogens with zero attached hydrogens (tertiary/aromatic N) is 1. The minimum atomic E-state index is -1.95. The van der Waals surface area contributed by atoms with Gasteiger partial charge in [0, 0.05) is 61.2 Å². The number of aromatic nitrogens is 1. The van der Waals surface area contributed by atoms with Crippen LogP contribution in [-0.2, 0) is 23.8 Å². The van der Waals surface area contributed by atoms with Gasteiger partial charge in [-0.2, -0.15) is 0 Å². The molecule has 9 atom stereocenters. The maximum atomic E-state index is 14.3. The molecule has 3 heterocycles. The zero-order chi connectivity index (χ0) is 39.3. The highest BCUT2D eigenvalue weighted by atomic mass is 32.1. The zero-order valence-electron chi connectivity index (χ0n) is 31.1. The first kappa shape index (κ1) is 39.5. The minimum Gasteiger partial charge on any atom is -0.507 e. The van der Waals surface area contributed by atoms with E-state index in [-0.39, 0.29) is 54.3 Å². The van der Waals surface area contributed by atoms with Gasteiger partial charge < -0.3 is 50.4 Å². The van der Waals surface area contributed by atoms with E-state index in [1.54, 1.807) is 46.8 Å². The Morgan fingerprint density at radius 1 is 1.02 bits per heavy atom. The van der Waals surface area contributed by atoms with Crippen LogP contribution in [0.4, 0.5) is 10.8 Å². The number of Topliss-reactive ketones (excluding diaryl/α,β-unsaturated/α-hetero) is 1. The van der Waals surface area contributed by atoms with Crippen LogP contribution in [-0.4, -0.2) is 80.4 Å². The number of anilines is 2. The van der Waals surface area contributed by atoms with Crippen molar-refractivity contribution < 1.29 is 53.8 Å². The number of allylic oxidation sites excluding steroid dienone is 2. The Balaban J connectivity index is 1.70. The van der Waals surface area contributed by atoms with E-state index in [0.29, 0.717) is 0 Å². The van der Waals surface area contributed by atoms with Crippen LogP contribution < -0.4 is 15.8 Å². The molecule has 0 saturated carbocycles. The van der Waals surface area contributed by atoms with Crippen molar-refractivity contribution >= 4 is 60.8 Å². The predicted octanol–water partition coefficient (Wildman–Crippen LogP) is 5.24. The fourth-order valence-corrected chi connectivity index (χ4v) is 7.98. The van der Waals surface area contributed by atoms with Crippen molar-refractivity contribution in [3.63, 3.8) is 0 Å². The lowest BCUT2D eigenvalue weighted by Gasteiger charge is -2.38. The third kappa shape index (κ3) is 7.05. The predicted molar refractivity (Wildman–Crippen MR) is 200 cm³/mol. The number of nitrogens with one attached hydrogen (secondary N) is 1. The SMILES string of the molecule is COC1/C=C\OC2(C)Oc3c(C)c(O)c4c(O)c(c5sc(N)nc5c4c3C2=O)NC(=O)/C(C)=C\C=C\C(C)C(O)C(C)C(O)C(C)C(OC(C)=O)C1C. The summed E-state index contributed by atoms with van der Waals surface area (Å²) in [6.07, 6.45) is 3.80. The van der Waals surface area contributed by atoms with Gasteiger partial charge in [0.05, 0.1) is 45.7 Å². The van der Waals surface area contributed by atoms with Crippen LogP contribution in [0.5, 0.6) is 17.2 Å². The number of hydrogen-bond donors (Lipinski definition) is 6. The smallest absolute Gasteiger partial charge is 0.312 e. The van der Waals surface area contributed by atoms with Crippen molar-refractivity contribution in [1.82, 2.24) is 4.98 Å². The molecule has 0 aliphatic carbocycles. The van der Waals surface area contributed by atoms with Gasteiger partial charge in [-0.1, -0.05) is 57.3 Å². The van der Waals surface area contributed by atoms with Crippen LogP contribution in [0.1, 0.15) is 64.4 Å². The number of esters is 1. The first-order chi connectivity index (χ1) is 24.8. The number of amides is 1. The fraction of sp³-hybridized carbons (Fsp3) is 0.474. The van der Waals surface area contributed by atoms with E-state index >= 15 is 0 Å². The molecule has 2 aliphatic heterocycles. The highest BCUT2D eigenvalue weighted by Crippen LogP contribution is 2.55. The molecule has 53 heavy (non-hydrogen) atoms. The molecule has 2 aromatic carbocycles. The number of benzene rings is 2. The maximum absolute atomic E-state index is 14.3. The first-order valence-corrected chi connectivity index (χ1v) is 18.1. The summed E-state index contributed by atoms with van der Waals surface area (Å²) in [4.78, 5) is 44.5. The van der Waals surface area contributed by atoms with E-state index in [1.807, 2.05) is 0 Å². The van der Waals surface area contributed by atoms with Crippen molar-refractivity contribution in [3.05, 3.63) is 47.3 Å². The molecule has 14 nitrogen and oxygen atoms in total. The normalized spacial score (nSPS) is 32.2. The number of nitrogen functional groups attached to an aromatic ring is 1. The molecule has 2 aliphatic rings. The Morgan fingerprint density at radius 3 is 2.34 bits per heavy atom. The number of aromatic hydroxyl groups is 2. The molecular formula is C38H47N3O11S. The highest BCUT2D eigenvalue weighted by molar-refractivity contribution is 7.22. The summed E-state index contributed by atoms with van der Waals surface area (Å²) < 4.78 is 23.8. The van der Waals surface area contributed by atoms with Crippen LogP contribution in [0.3, 0.4) is 0 Å². The summed E-state index contributed by atoms with van der Waals surface area (Å²) in [6, 6.07) is 0. The number of aliphatic hydroxyl groups is 2. The number of methoxy groups -OCH3 is 1. The van der Waals surface area contributed by atoms with E-state index < -0.39 is 83.0 Å². The van der Waals surface area contributed by atoms with Crippen LogP contribution in [0.2, 0.25) is 0 Å². The number of phenols is 2. The second kappa shape index (κ2) is 15.0. The van der Waals surface area contributed by atoms with Gasteiger partial charge >= 0.3 is 11.8 Å². The zero-order valence-corrected chi connectivity index (χ0v) is 31.9. The monoisotopic (exact) mass is 753 g/mol. The van der Waals surface area contributed by atoms with Crippen LogP contribution in [0.15, 0.2) is 36.1 Å². The average Bonchev–Trinajstić information content (AvgIpc) is 3.63. The van der Waals surface area contributed by atoms with Crippen molar-refractivity contribution in [2.75, 3.05) is 18.2 Å².